The monoisotopic (exact) mass is 348 g/mol. The maximum Gasteiger partial charge on any atom is 0.147 e. The quantitative estimate of drug-likeness (QED) is 0.906. The Hall–Kier alpha value is -1.90. The second kappa shape index (κ2) is 6.70. The highest BCUT2D eigenvalue weighted by Gasteiger charge is 2.12. The Morgan fingerprint density at radius 3 is 2.81 bits per heavy atom. The number of nitrogens with zero attached hydrogens (tertiary/aromatic N) is 1. The van der Waals surface area contributed by atoms with E-state index in [1.165, 1.54) is 6.07 Å². The van der Waals surface area contributed by atoms with E-state index in [1.54, 1.807) is 18.2 Å². The fourth-order valence-corrected chi connectivity index (χ4v) is 2.32. The minimum atomic E-state index is -0.542. The summed E-state index contributed by atoms with van der Waals surface area (Å²) in [7, 11) is 0. The first-order valence-electron chi connectivity index (χ1n) is 6.38. The molecule has 108 valence electrons. The van der Waals surface area contributed by atoms with Crippen LogP contribution in [0.15, 0.2) is 40.9 Å². The molecule has 0 aromatic heterocycles. The summed E-state index contributed by atoms with van der Waals surface area (Å²) < 4.78 is 20.5. The summed E-state index contributed by atoms with van der Waals surface area (Å²) in [5.41, 5.74) is 7.10. The lowest BCUT2D eigenvalue weighted by atomic mass is 10.1. The summed E-state index contributed by atoms with van der Waals surface area (Å²) in [6.45, 7) is 1.90. The van der Waals surface area contributed by atoms with E-state index in [1.807, 2.05) is 25.1 Å². The van der Waals surface area contributed by atoms with Gasteiger partial charge in [-0.05, 0) is 31.2 Å². The molecule has 2 rings (SSSR count). The van der Waals surface area contributed by atoms with Gasteiger partial charge >= 0.3 is 0 Å². The van der Waals surface area contributed by atoms with E-state index in [2.05, 4.69) is 15.9 Å². The van der Waals surface area contributed by atoms with Crippen LogP contribution in [-0.4, -0.2) is 0 Å². The van der Waals surface area contributed by atoms with Gasteiger partial charge in [0.05, 0.1) is 5.56 Å². The summed E-state index contributed by atoms with van der Waals surface area (Å²) in [5.74, 6) is 0.0643. The maximum absolute atomic E-state index is 14.0. The Bertz CT molecular complexity index is 695. The standard InChI is InChI=1S/C16H14BrFN2O/c1-10(20)14-7-13(17)5-6-15(14)21-9-12-4-2-3-11(8-19)16(12)18/h2-7,10H,9,20H2,1H3/t10-/m1/s1. The first-order chi connectivity index (χ1) is 10.0. The lowest BCUT2D eigenvalue weighted by Crippen LogP contribution is -2.09. The molecule has 0 amide bonds. The van der Waals surface area contributed by atoms with Gasteiger partial charge in [0.25, 0.3) is 0 Å². The summed E-state index contributed by atoms with van der Waals surface area (Å²) in [5, 5.41) is 8.82. The summed E-state index contributed by atoms with van der Waals surface area (Å²) in [6.07, 6.45) is 0. The van der Waals surface area contributed by atoms with Gasteiger partial charge in [-0.2, -0.15) is 5.26 Å². The van der Waals surface area contributed by atoms with Gasteiger partial charge < -0.3 is 10.5 Å². The van der Waals surface area contributed by atoms with Gasteiger partial charge in [0, 0.05) is 21.6 Å². The molecule has 1 atom stereocenters. The molecule has 0 saturated carbocycles. The Kier molecular flexibility index (Phi) is 4.94. The van der Waals surface area contributed by atoms with E-state index in [0.29, 0.717) is 11.3 Å². The van der Waals surface area contributed by atoms with Crippen molar-refractivity contribution in [3.63, 3.8) is 0 Å². The molecule has 0 aliphatic carbocycles. The van der Waals surface area contributed by atoms with Crippen molar-refractivity contribution >= 4 is 15.9 Å². The third-order valence-electron chi connectivity index (χ3n) is 3.04. The molecule has 2 N–H and O–H groups in total. The number of rotatable bonds is 4. The van der Waals surface area contributed by atoms with Crippen LogP contribution in [0.1, 0.15) is 29.7 Å². The minimum Gasteiger partial charge on any atom is -0.488 e. The fraction of sp³-hybridized carbons (Fsp3) is 0.188. The third kappa shape index (κ3) is 3.60. The number of hydrogen-bond donors (Lipinski definition) is 1. The first-order valence-corrected chi connectivity index (χ1v) is 7.17. The zero-order chi connectivity index (χ0) is 15.4. The van der Waals surface area contributed by atoms with E-state index in [4.69, 9.17) is 15.7 Å². The van der Waals surface area contributed by atoms with Crippen LogP contribution in [-0.2, 0) is 6.61 Å². The summed E-state index contributed by atoms with van der Waals surface area (Å²) >= 11 is 3.38. The molecular weight excluding hydrogens is 335 g/mol. The van der Waals surface area contributed by atoms with Crippen molar-refractivity contribution in [2.45, 2.75) is 19.6 Å². The first kappa shape index (κ1) is 15.5. The Labute approximate surface area is 131 Å². The molecule has 21 heavy (non-hydrogen) atoms. The molecule has 0 spiro atoms. The molecule has 0 aliphatic rings. The van der Waals surface area contributed by atoms with Gasteiger partial charge in [0.2, 0.25) is 0 Å². The molecule has 2 aromatic rings. The van der Waals surface area contributed by atoms with Gasteiger partial charge in [-0.3, -0.25) is 0 Å². The number of nitrogens with two attached hydrogens (primary N) is 1. The molecule has 2 aromatic carbocycles. The number of halogens is 2. The highest BCUT2D eigenvalue weighted by Crippen LogP contribution is 2.28. The fourth-order valence-electron chi connectivity index (χ4n) is 1.94. The molecule has 3 nitrogen and oxygen atoms in total. The third-order valence-corrected chi connectivity index (χ3v) is 3.54. The number of hydrogen-bond acceptors (Lipinski definition) is 3. The highest BCUT2D eigenvalue weighted by molar-refractivity contribution is 9.10. The second-order valence-corrected chi connectivity index (χ2v) is 5.57. The average molecular weight is 349 g/mol. The van der Waals surface area contributed by atoms with Crippen LogP contribution < -0.4 is 10.5 Å². The van der Waals surface area contributed by atoms with Crippen molar-refractivity contribution in [2.75, 3.05) is 0 Å². The molecule has 5 heteroatoms. The molecule has 0 aliphatic heterocycles. The lowest BCUT2D eigenvalue weighted by Gasteiger charge is -2.15. The Balaban J connectivity index is 2.23. The zero-order valence-electron chi connectivity index (χ0n) is 11.4. The topological polar surface area (TPSA) is 59.0 Å². The minimum absolute atomic E-state index is 0.0133. The van der Waals surface area contributed by atoms with Crippen LogP contribution in [0.25, 0.3) is 0 Å². The van der Waals surface area contributed by atoms with Crippen LogP contribution in [0, 0.1) is 17.1 Å². The van der Waals surface area contributed by atoms with Crippen LogP contribution in [0.3, 0.4) is 0 Å². The molecule has 0 heterocycles. The van der Waals surface area contributed by atoms with Crippen molar-refractivity contribution in [3.05, 3.63) is 63.4 Å². The zero-order valence-corrected chi connectivity index (χ0v) is 13.0. The van der Waals surface area contributed by atoms with Gasteiger partial charge in [0.1, 0.15) is 24.2 Å². The van der Waals surface area contributed by atoms with Gasteiger partial charge in [0.15, 0.2) is 0 Å². The van der Waals surface area contributed by atoms with Crippen molar-refractivity contribution < 1.29 is 9.13 Å². The molecule has 0 fully saturated rings. The molecule has 0 saturated heterocycles. The number of benzene rings is 2. The van der Waals surface area contributed by atoms with E-state index in [-0.39, 0.29) is 18.2 Å². The summed E-state index contributed by atoms with van der Waals surface area (Å²) in [4.78, 5) is 0. The van der Waals surface area contributed by atoms with Crippen LogP contribution in [0.4, 0.5) is 4.39 Å². The smallest absolute Gasteiger partial charge is 0.147 e. The second-order valence-electron chi connectivity index (χ2n) is 4.65. The van der Waals surface area contributed by atoms with Gasteiger partial charge in [-0.25, -0.2) is 4.39 Å². The lowest BCUT2D eigenvalue weighted by molar-refractivity contribution is 0.295. The van der Waals surface area contributed by atoms with Gasteiger partial charge in [-0.15, -0.1) is 0 Å². The average Bonchev–Trinajstić information content (AvgIpc) is 2.47. The van der Waals surface area contributed by atoms with Crippen molar-refractivity contribution in [3.8, 4) is 11.8 Å². The normalized spacial score (nSPS) is 11.8. The Morgan fingerprint density at radius 1 is 1.38 bits per heavy atom. The predicted molar refractivity (Wildman–Crippen MR) is 82.2 cm³/mol. The van der Waals surface area contributed by atoms with E-state index in [9.17, 15) is 4.39 Å². The maximum atomic E-state index is 14.0. The number of nitriles is 1. The van der Waals surface area contributed by atoms with E-state index in [0.717, 1.165) is 10.0 Å². The molecule has 0 bridgehead atoms. The van der Waals surface area contributed by atoms with Crippen molar-refractivity contribution in [1.29, 1.82) is 5.26 Å². The van der Waals surface area contributed by atoms with Crippen molar-refractivity contribution in [1.82, 2.24) is 0 Å². The van der Waals surface area contributed by atoms with Crippen LogP contribution in [0.2, 0.25) is 0 Å². The van der Waals surface area contributed by atoms with Gasteiger partial charge in [-0.1, -0.05) is 28.1 Å². The van der Waals surface area contributed by atoms with Crippen LogP contribution >= 0.6 is 15.9 Å². The van der Waals surface area contributed by atoms with E-state index >= 15 is 0 Å². The largest absolute Gasteiger partial charge is 0.488 e. The van der Waals surface area contributed by atoms with E-state index < -0.39 is 5.82 Å². The Morgan fingerprint density at radius 2 is 2.14 bits per heavy atom. The molecule has 0 unspecified atom stereocenters. The molecular formula is C16H14BrFN2O. The van der Waals surface area contributed by atoms with Crippen molar-refractivity contribution in [2.24, 2.45) is 5.73 Å². The van der Waals surface area contributed by atoms with Crippen LogP contribution in [0.5, 0.6) is 5.75 Å². The predicted octanol–water partition coefficient (Wildman–Crippen LogP) is 4.06. The summed E-state index contributed by atoms with van der Waals surface area (Å²) in [6, 6.07) is 11.8. The molecule has 0 radical (unpaired) electrons. The number of ether oxygens (including phenoxy) is 1. The SMILES string of the molecule is C[C@@H](N)c1cc(Br)ccc1OCc1cccc(C#N)c1F. The highest BCUT2D eigenvalue weighted by atomic mass is 79.9.